The molecule has 18 heavy (non-hydrogen) atoms. The lowest BCUT2D eigenvalue weighted by molar-refractivity contribution is 0.0991. The van der Waals surface area contributed by atoms with Gasteiger partial charge in [-0.1, -0.05) is 19.1 Å². The first kappa shape index (κ1) is 12.2. The molecule has 0 spiro atoms. The van der Waals surface area contributed by atoms with Crippen LogP contribution in [0, 0.1) is 0 Å². The topological polar surface area (TPSA) is 59.5 Å². The van der Waals surface area contributed by atoms with Crippen molar-refractivity contribution in [1.29, 1.82) is 0 Å². The van der Waals surface area contributed by atoms with Gasteiger partial charge in [0.05, 0.1) is 23.2 Å². The Morgan fingerprint density at radius 2 is 2.06 bits per heavy atom. The maximum atomic E-state index is 12.3. The van der Waals surface area contributed by atoms with Crippen molar-refractivity contribution in [2.75, 3.05) is 17.7 Å². The van der Waals surface area contributed by atoms with Gasteiger partial charge in [0, 0.05) is 13.5 Å². The highest BCUT2D eigenvalue weighted by atomic mass is 16.3. The third-order valence-electron chi connectivity index (χ3n) is 2.90. The van der Waals surface area contributed by atoms with E-state index in [1.54, 1.807) is 24.1 Å². The fourth-order valence-corrected chi connectivity index (χ4v) is 1.89. The van der Waals surface area contributed by atoms with Gasteiger partial charge in [-0.15, -0.1) is 0 Å². The number of rotatable bonds is 3. The minimum Gasteiger partial charge on any atom is -0.469 e. The van der Waals surface area contributed by atoms with Crippen LogP contribution in [0.5, 0.6) is 0 Å². The molecule has 0 bridgehead atoms. The van der Waals surface area contributed by atoms with Gasteiger partial charge in [0.1, 0.15) is 5.76 Å². The number of anilines is 2. The van der Waals surface area contributed by atoms with Crippen LogP contribution in [-0.2, 0) is 6.42 Å². The molecule has 1 aromatic carbocycles. The molecule has 0 atom stereocenters. The van der Waals surface area contributed by atoms with E-state index in [9.17, 15) is 4.79 Å². The third kappa shape index (κ3) is 2.09. The van der Waals surface area contributed by atoms with Crippen molar-refractivity contribution in [3.05, 3.63) is 47.9 Å². The predicted octanol–water partition coefficient (Wildman–Crippen LogP) is 2.70. The summed E-state index contributed by atoms with van der Waals surface area (Å²) in [5.41, 5.74) is 7.73. The van der Waals surface area contributed by atoms with Crippen LogP contribution < -0.4 is 10.6 Å². The Morgan fingerprint density at radius 1 is 1.33 bits per heavy atom. The number of nitrogens with zero attached hydrogens (tertiary/aromatic N) is 1. The molecule has 4 nitrogen and oxygen atoms in total. The van der Waals surface area contributed by atoms with Crippen molar-refractivity contribution in [3.63, 3.8) is 0 Å². The summed E-state index contributed by atoms with van der Waals surface area (Å²) in [6, 6.07) is 8.98. The maximum Gasteiger partial charge on any atom is 0.261 e. The minimum atomic E-state index is -0.112. The molecule has 0 fully saturated rings. The standard InChI is InChI=1S/C14H16N2O2/c1-3-13-10(8-9-18-13)14(17)16(2)12-7-5-4-6-11(12)15/h4-9H,3,15H2,1-2H3. The van der Waals surface area contributed by atoms with Crippen molar-refractivity contribution in [2.45, 2.75) is 13.3 Å². The lowest BCUT2D eigenvalue weighted by Crippen LogP contribution is -2.27. The average molecular weight is 244 g/mol. The van der Waals surface area contributed by atoms with Crippen molar-refractivity contribution in [1.82, 2.24) is 0 Å². The fourth-order valence-electron chi connectivity index (χ4n) is 1.89. The summed E-state index contributed by atoms with van der Waals surface area (Å²) in [4.78, 5) is 13.9. The van der Waals surface area contributed by atoms with E-state index >= 15 is 0 Å². The average Bonchev–Trinajstić information content (AvgIpc) is 2.86. The van der Waals surface area contributed by atoms with E-state index in [-0.39, 0.29) is 5.91 Å². The molecule has 0 aliphatic carbocycles. The Balaban J connectivity index is 2.33. The van der Waals surface area contributed by atoms with Crippen molar-refractivity contribution in [2.24, 2.45) is 0 Å². The zero-order chi connectivity index (χ0) is 13.1. The number of carbonyl (C=O) groups excluding carboxylic acids is 1. The fraction of sp³-hybridized carbons (Fsp3) is 0.214. The van der Waals surface area contributed by atoms with Gasteiger partial charge in [-0.25, -0.2) is 0 Å². The van der Waals surface area contributed by atoms with Crippen LogP contribution in [0.25, 0.3) is 0 Å². The number of amides is 1. The number of carbonyl (C=O) groups is 1. The maximum absolute atomic E-state index is 12.3. The van der Waals surface area contributed by atoms with Gasteiger partial charge in [-0.3, -0.25) is 4.79 Å². The summed E-state index contributed by atoms with van der Waals surface area (Å²) >= 11 is 0. The number of aryl methyl sites for hydroxylation is 1. The van der Waals surface area contributed by atoms with E-state index in [0.29, 0.717) is 29.1 Å². The molecule has 1 amide bonds. The van der Waals surface area contributed by atoms with E-state index in [2.05, 4.69) is 0 Å². The molecule has 0 saturated carbocycles. The molecule has 1 aromatic heterocycles. The largest absolute Gasteiger partial charge is 0.469 e. The van der Waals surface area contributed by atoms with Gasteiger partial charge >= 0.3 is 0 Å². The van der Waals surface area contributed by atoms with Crippen LogP contribution in [0.3, 0.4) is 0 Å². The first-order chi connectivity index (χ1) is 8.65. The van der Waals surface area contributed by atoms with E-state index in [0.717, 1.165) is 0 Å². The van der Waals surface area contributed by atoms with Crippen molar-refractivity contribution < 1.29 is 9.21 Å². The molecule has 0 aliphatic heterocycles. The summed E-state index contributed by atoms with van der Waals surface area (Å²) in [7, 11) is 1.71. The van der Waals surface area contributed by atoms with Crippen LogP contribution in [0.15, 0.2) is 41.0 Å². The number of furan rings is 1. The molecule has 2 N–H and O–H groups in total. The molecule has 2 aromatic rings. The number of para-hydroxylation sites is 2. The van der Waals surface area contributed by atoms with Crippen molar-refractivity contribution >= 4 is 17.3 Å². The van der Waals surface area contributed by atoms with E-state index in [4.69, 9.17) is 10.2 Å². The Labute approximate surface area is 106 Å². The summed E-state index contributed by atoms with van der Waals surface area (Å²) in [5, 5.41) is 0. The van der Waals surface area contributed by atoms with Gasteiger partial charge in [-0.05, 0) is 18.2 Å². The second-order valence-electron chi connectivity index (χ2n) is 4.03. The zero-order valence-corrected chi connectivity index (χ0v) is 10.5. The summed E-state index contributed by atoms with van der Waals surface area (Å²) in [6.45, 7) is 1.95. The second kappa shape index (κ2) is 4.96. The Bertz CT molecular complexity index is 560. The normalized spacial score (nSPS) is 10.3. The summed E-state index contributed by atoms with van der Waals surface area (Å²) in [5.74, 6) is 0.583. The van der Waals surface area contributed by atoms with Gasteiger partial charge in [0.2, 0.25) is 0 Å². The smallest absolute Gasteiger partial charge is 0.261 e. The summed E-state index contributed by atoms with van der Waals surface area (Å²) < 4.78 is 5.27. The molecular formula is C14H16N2O2. The van der Waals surface area contributed by atoms with Crippen LogP contribution >= 0.6 is 0 Å². The van der Waals surface area contributed by atoms with Gasteiger partial charge in [0.15, 0.2) is 0 Å². The highest BCUT2D eigenvalue weighted by Crippen LogP contribution is 2.24. The lowest BCUT2D eigenvalue weighted by Gasteiger charge is -2.18. The Hall–Kier alpha value is -2.23. The number of benzene rings is 1. The number of nitrogen functional groups attached to an aromatic ring is 1. The van der Waals surface area contributed by atoms with Crippen LogP contribution in [0.4, 0.5) is 11.4 Å². The van der Waals surface area contributed by atoms with E-state index in [1.807, 2.05) is 25.1 Å². The Kier molecular flexibility index (Phi) is 3.37. The van der Waals surface area contributed by atoms with Gasteiger partial charge in [0.25, 0.3) is 5.91 Å². The molecule has 0 radical (unpaired) electrons. The molecule has 2 rings (SSSR count). The summed E-state index contributed by atoms with van der Waals surface area (Å²) in [6.07, 6.45) is 2.22. The van der Waals surface area contributed by atoms with Crippen molar-refractivity contribution in [3.8, 4) is 0 Å². The number of hydrogen-bond donors (Lipinski definition) is 1. The Morgan fingerprint density at radius 3 is 2.72 bits per heavy atom. The molecule has 4 heteroatoms. The second-order valence-corrected chi connectivity index (χ2v) is 4.03. The van der Waals surface area contributed by atoms with Gasteiger partial charge < -0.3 is 15.1 Å². The first-order valence-electron chi connectivity index (χ1n) is 5.84. The zero-order valence-electron chi connectivity index (χ0n) is 10.5. The number of nitrogens with two attached hydrogens (primary N) is 1. The quantitative estimate of drug-likeness (QED) is 0.844. The monoisotopic (exact) mass is 244 g/mol. The molecule has 0 unspecified atom stereocenters. The van der Waals surface area contributed by atoms with Gasteiger partial charge in [-0.2, -0.15) is 0 Å². The molecule has 94 valence electrons. The predicted molar refractivity (Wildman–Crippen MR) is 71.7 cm³/mol. The molecule has 1 heterocycles. The third-order valence-corrected chi connectivity index (χ3v) is 2.90. The first-order valence-corrected chi connectivity index (χ1v) is 5.84. The van der Waals surface area contributed by atoms with E-state index in [1.165, 1.54) is 6.26 Å². The van der Waals surface area contributed by atoms with Crippen LogP contribution in [0.2, 0.25) is 0 Å². The van der Waals surface area contributed by atoms with E-state index < -0.39 is 0 Å². The highest BCUT2D eigenvalue weighted by molar-refractivity contribution is 6.07. The molecular weight excluding hydrogens is 228 g/mol. The van der Waals surface area contributed by atoms with Crippen LogP contribution in [-0.4, -0.2) is 13.0 Å². The minimum absolute atomic E-state index is 0.112. The van der Waals surface area contributed by atoms with Crippen LogP contribution in [0.1, 0.15) is 23.0 Å². The molecule has 0 aliphatic rings. The SMILES string of the molecule is CCc1occc1C(=O)N(C)c1ccccc1N. The lowest BCUT2D eigenvalue weighted by atomic mass is 10.1. The highest BCUT2D eigenvalue weighted by Gasteiger charge is 2.19. The molecule has 0 saturated heterocycles. The number of hydrogen-bond acceptors (Lipinski definition) is 3.